The monoisotopic (exact) mass is 473 g/mol. The SMILES string of the molecule is O=C(Nc1ccccc1S)c1ccc(-c2cc(C(F)(F)F)nn2-c2ccccc2Cl)cc1. The molecule has 0 unspecified atom stereocenters. The molecule has 32 heavy (non-hydrogen) atoms. The molecule has 0 saturated carbocycles. The van der Waals surface area contributed by atoms with Gasteiger partial charge in [-0.15, -0.1) is 12.6 Å². The van der Waals surface area contributed by atoms with Gasteiger partial charge in [-0.25, -0.2) is 4.68 Å². The molecule has 3 aromatic carbocycles. The Balaban J connectivity index is 1.69. The lowest BCUT2D eigenvalue weighted by molar-refractivity contribution is -0.141. The highest BCUT2D eigenvalue weighted by Crippen LogP contribution is 2.34. The number of carbonyl (C=O) groups excluding carboxylic acids is 1. The van der Waals surface area contributed by atoms with Crippen molar-refractivity contribution in [3.05, 3.63) is 95.1 Å². The van der Waals surface area contributed by atoms with Crippen LogP contribution in [-0.2, 0) is 6.18 Å². The molecule has 0 atom stereocenters. The fourth-order valence-electron chi connectivity index (χ4n) is 3.10. The van der Waals surface area contributed by atoms with Crippen LogP contribution in [0, 0.1) is 0 Å². The Kier molecular flexibility index (Phi) is 5.99. The summed E-state index contributed by atoms with van der Waals surface area (Å²) in [5.74, 6) is -0.367. The molecule has 0 fully saturated rings. The Hall–Kier alpha value is -3.23. The summed E-state index contributed by atoms with van der Waals surface area (Å²) in [6, 6.07) is 20.7. The van der Waals surface area contributed by atoms with Crippen molar-refractivity contribution < 1.29 is 18.0 Å². The first kappa shape index (κ1) is 22.0. The smallest absolute Gasteiger partial charge is 0.321 e. The molecule has 0 spiro atoms. The number of benzene rings is 3. The minimum absolute atomic E-state index is 0.193. The van der Waals surface area contributed by atoms with Gasteiger partial charge in [-0.05, 0) is 42.5 Å². The zero-order valence-electron chi connectivity index (χ0n) is 16.3. The second-order valence-corrected chi connectivity index (χ2v) is 7.71. The first-order valence-corrected chi connectivity index (χ1v) is 10.2. The van der Waals surface area contributed by atoms with Crippen LogP contribution in [0.2, 0.25) is 5.02 Å². The third-order valence-electron chi connectivity index (χ3n) is 4.68. The number of nitrogens with zero attached hydrogens (tertiary/aromatic N) is 2. The maximum Gasteiger partial charge on any atom is 0.435 e. The lowest BCUT2D eigenvalue weighted by atomic mass is 10.1. The van der Waals surface area contributed by atoms with Crippen LogP contribution in [0.3, 0.4) is 0 Å². The van der Waals surface area contributed by atoms with Crippen molar-refractivity contribution in [3.63, 3.8) is 0 Å². The number of hydrogen-bond donors (Lipinski definition) is 2. The van der Waals surface area contributed by atoms with Crippen LogP contribution in [0.1, 0.15) is 16.1 Å². The van der Waals surface area contributed by atoms with Crippen molar-refractivity contribution in [1.29, 1.82) is 0 Å². The van der Waals surface area contributed by atoms with E-state index in [-0.39, 0.29) is 16.6 Å². The van der Waals surface area contributed by atoms with Crippen molar-refractivity contribution >= 4 is 35.8 Å². The summed E-state index contributed by atoms with van der Waals surface area (Å²) < 4.78 is 41.2. The summed E-state index contributed by atoms with van der Waals surface area (Å²) in [7, 11) is 0. The van der Waals surface area contributed by atoms with Crippen molar-refractivity contribution in [2.24, 2.45) is 0 Å². The van der Waals surface area contributed by atoms with E-state index in [1.54, 1.807) is 60.7 Å². The van der Waals surface area contributed by atoms with E-state index in [0.29, 0.717) is 27.4 Å². The minimum Gasteiger partial charge on any atom is -0.321 e. The normalized spacial score (nSPS) is 11.4. The van der Waals surface area contributed by atoms with E-state index in [1.807, 2.05) is 0 Å². The van der Waals surface area contributed by atoms with Gasteiger partial charge in [0.05, 0.1) is 22.1 Å². The molecule has 4 aromatic rings. The van der Waals surface area contributed by atoms with Crippen LogP contribution in [0.5, 0.6) is 0 Å². The van der Waals surface area contributed by atoms with Crippen molar-refractivity contribution in [2.45, 2.75) is 11.1 Å². The van der Waals surface area contributed by atoms with Gasteiger partial charge < -0.3 is 5.32 Å². The van der Waals surface area contributed by atoms with Gasteiger partial charge >= 0.3 is 6.18 Å². The first-order valence-electron chi connectivity index (χ1n) is 9.36. The molecule has 0 bridgehead atoms. The van der Waals surface area contributed by atoms with Crippen molar-refractivity contribution in [1.82, 2.24) is 9.78 Å². The molecule has 0 aliphatic heterocycles. The molecular weight excluding hydrogens is 459 g/mol. The lowest BCUT2D eigenvalue weighted by Crippen LogP contribution is -2.12. The highest BCUT2D eigenvalue weighted by molar-refractivity contribution is 7.80. The highest BCUT2D eigenvalue weighted by atomic mass is 35.5. The molecule has 1 aromatic heterocycles. The molecule has 1 heterocycles. The van der Waals surface area contributed by atoms with Gasteiger partial charge in [-0.2, -0.15) is 18.3 Å². The Labute approximate surface area is 192 Å². The molecule has 1 N–H and O–H groups in total. The third-order valence-corrected chi connectivity index (χ3v) is 5.39. The maximum atomic E-state index is 13.4. The van der Waals surface area contributed by atoms with Crippen LogP contribution in [-0.4, -0.2) is 15.7 Å². The summed E-state index contributed by atoms with van der Waals surface area (Å²) in [6.45, 7) is 0. The van der Waals surface area contributed by atoms with Gasteiger partial charge in [0.1, 0.15) is 0 Å². The average molecular weight is 474 g/mol. The largest absolute Gasteiger partial charge is 0.435 e. The maximum absolute atomic E-state index is 13.4. The van der Waals surface area contributed by atoms with Gasteiger partial charge in [-0.1, -0.05) is 48.0 Å². The van der Waals surface area contributed by atoms with Gasteiger partial charge in [0.25, 0.3) is 5.91 Å². The molecule has 4 nitrogen and oxygen atoms in total. The van der Waals surface area contributed by atoms with E-state index < -0.39 is 11.9 Å². The number of aromatic nitrogens is 2. The molecule has 4 rings (SSSR count). The standard InChI is InChI=1S/C23H15ClF3N3OS/c24-16-5-1-3-7-18(16)30-19(13-21(29-30)23(25,26)27)14-9-11-15(12-10-14)22(31)28-17-6-2-4-8-20(17)32/h1-13,32H,(H,28,31). The Morgan fingerprint density at radius 3 is 2.28 bits per heavy atom. The van der Waals surface area contributed by atoms with E-state index in [1.165, 1.54) is 12.1 Å². The van der Waals surface area contributed by atoms with E-state index in [0.717, 1.165) is 10.7 Å². The number of carbonyl (C=O) groups is 1. The second-order valence-electron chi connectivity index (χ2n) is 6.82. The number of amides is 1. The fraction of sp³-hybridized carbons (Fsp3) is 0.0435. The predicted octanol–water partition coefficient (Wildman–Crippen LogP) is 6.75. The molecule has 0 aliphatic carbocycles. The summed E-state index contributed by atoms with van der Waals surface area (Å²) in [5.41, 5.74) is 0.797. The second kappa shape index (κ2) is 8.72. The average Bonchev–Trinajstić information content (AvgIpc) is 3.21. The molecule has 162 valence electrons. The lowest BCUT2D eigenvalue weighted by Gasteiger charge is -2.10. The number of anilines is 1. The topological polar surface area (TPSA) is 46.9 Å². The number of halogens is 4. The molecule has 1 amide bonds. The zero-order chi connectivity index (χ0) is 22.9. The quantitative estimate of drug-likeness (QED) is 0.322. The molecular formula is C23H15ClF3N3OS. The summed E-state index contributed by atoms with van der Waals surface area (Å²) in [4.78, 5) is 13.2. The summed E-state index contributed by atoms with van der Waals surface area (Å²) in [5, 5.41) is 6.74. The van der Waals surface area contributed by atoms with Crippen LogP contribution < -0.4 is 5.32 Å². The zero-order valence-corrected chi connectivity index (χ0v) is 17.9. The van der Waals surface area contributed by atoms with Crippen molar-refractivity contribution in [2.75, 3.05) is 5.32 Å². The highest BCUT2D eigenvalue weighted by Gasteiger charge is 2.35. The van der Waals surface area contributed by atoms with E-state index >= 15 is 0 Å². The van der Waals surface area contributed by atoms with E-state index in [4.69, 9.17) is 11.6 Å². The Morgan fingerprint density at radius 1 is 0.969 bits per heavy atom. The number of nitrogens with one attached hydrogen (secondary N) is 1. The fourth-order valence-corrected chi connectivity index (χ4v) is 3.53. The number of alkyl halides is 3. The van der Waals surface area contributed by atoms with Crippen LogP contribution in [0.4, 0.5) is 18.9 Å². The third kappa shape index (κ3) is 4.51. The molecule has 9 heteroatoms. The van der Waals surface area contributed by atoms with Gasteiger partial charge in [0, 0.05) is 16.0 Å². The van der Waals surface area contributed by atoms with E-state index in [2.05, 4.69) is 23.0 Å². The van der Waals surface area contributed by atoms with Crippen LogP contribution >= 0.6 is 24.2 Å². The van der Waals surface area contributed by atoms with Crippen LogP contribution in [0.25, 0.3) is 16.9 Å². The number of thiol groups is 1. The predicted molar refractivity (Wildman–Crippen MR) is 121 cm³/mol. The number of rotatable bonds is 4. The van der Waals surface area contributed by atoms with Crippen LogP contribution in [0.15, 0.2) is 83.8 Å². The van der Waals surface area contributed by atoms with Gasteiger partial charge in [0.15, 0.2) is 5.69 Å². The Morgan fingerprint density at radius 2 is 1.62 bits per heavy atom. The molecule has 0 radical (unpaired) electrons. The van der Waals surface area contributed by atoms with E-state index in [9.17, 15) is 18.0 Å². The minimum atomic E-state index is -4.62. The Bertz CT molecular complexity index is 1290. The summed E-state index contributed by atoms with van der Waals surface area (Å²) >= 11 is 10.5. The number of hydrogen-bond acceptors (Lipinski definition) is 3. The van der Waals surface area contributed by atoms with Gasteiger partial charge in [-0.3, -0.25) is 4.79 Å². The number of para-hydroxylation sites is 2. The first-order chi connectivity index (χ1) is 15.2. The molecule has 0 aliphatic rings. The molecule has 0 saturated heterocycles. The summed E-state index contributed by atoms with van der Waals surface area (Å²) in [6.07, 6.45) is -4.62. The van der Waals surface area contributed by atoms with Gasteiger partial charge in [0.2, 0.25) is 0 Å². The van der Waals surface area contributed by atoms with Crippen molar-refractivity contribution in [3.8, 4) is 16.9 Å².